The highest BCUT2D eigenvalue weighted by Crippen LogP contribution is 2.31. The van der Waals surface area contributed by atoms with Gasteiger partial charge >= 0.3 is 17.9 Å². The average Bonchev–Trinajstić information content (AvgIpc) is 2.78. The molecule has 0 amide bonds. The fraction of sp³-hybridized carbons (Fsp3) is 0.182. The number of esters is 3. The Labute approximate surface area is 172 Å². The fourth-order valence-corrected chi connectivity index (χ4v) is 2.92. The van der Waals surface area contributed by atoms with Crippen LogP contribution in [0.15, 0.2) is 48.7 Å². The molecular weight excluding hydrogens is 388 g/mol. The maximum Gasteiger partial charge on any atom is 0.341 e. The van der Waals surface area contributed by atoms with Crippen LogP contribution in [0.3, 0.4) is 0 Å². The highest BCUT2D eigenvalue weighted by Gasteiger charge is 2.19. The number of fused-ring (bicyclic) bond motifs is 1. The molecule has 2 aromatic carbocycles. The van der Waals surface area contributed by atoms with Crippen molar-refractivity contribution in [3.8, 4) is 0 Å². The summed E-state index contributed by atoms with van der Waals surface area (Å²) >= 11 is 0. The van der Waals surface area contributed by atoms with Crippen LogP contribution in [0.25, 0.3) is 10.9 Å². The highest BCUT2D eigenvalue weighted by molar-refractivity contribution is 6.08. The summed E-state index contributed by atoms with van der Waals surface area (Å²) in [6.07, 6.45) is 1.41. The van der Waals surface area contributed by atoms with Crippen LogP contribution in [0.4, 0.5) is 11.4 Å². The lowest BCUT2D eigenvalue weighted by Gasteiger charge is -2.15. The number of hydrogen-bond donors (Lipinski definition) is 1. The predicted octanol–water partition coefficient (Wildman–Crippen LogP) is 3.73. The molecule has 0 aliphatic heterocycles. The molecule has 3 rings (SSSR count). The molecular formula is C22H20N2O6. The molecule has 3 aromatic rings. The van der Waals surface area contributed by atoms with Crippen LogP contribution < -0.4 is 5.32 Å². The molecule has 0 atom stereocenters. The minimum atomic E-state index is -0.568. The summed E-state index contributed by atoms with van der Waals surface area (Å²) in [5.41, 5.74) is 2.33. The van der Waals surface area contributed by atoms with Crippen LogP contribution in [0.5, 0.6) is 0 Å². The number of carbonyl (C=O) groups is 3. The normalized spacial score (nSPS) is 10.4. The number of carbonyl (C=O) groups excluding carboxylic acids is 3. The molecule has 0 bridgehead atoms. The Balaban J connectivity index is 2.17. The highest BCUT2D eigenvalue weighted by atomic mass is 16.5. The number of anilines is 2. The van der Waals surface area contributed by atoms with Gasteiger partial charge in [0.2, 0.25) is 0 Å². The van der Waals surface area contributed by atoms with Crippen molar-refractivity contribution in [2.24, 2.45) is 0 Å². The Bertz CT molecular complexity index is 1130. The summed E-state index contributed by atoms with van der Waals surface area (Å²) < 4.78 is 14.7. The first-order valence-electron chi connectivity index (χ1n) is 9.12. The molecule has 0 saturated carbocycles. The molecule has 1 aromatic heterocycles. The minimum absolute atomic E-state index is 0.190. The number of hydrogen-bond acceptors (Lipinski definition) is 8. The van der Waals surface area contributed by atoms with Crippen molar-refractivity contribution < 1.29 is 28.6 Å². The molecule has 0 radical (unpaired) electrons. The largest absolute Gasteiger partial charge is 0.465 e. The van der Waals surface area contributed by atoms with Crippen LogP contribution in [0, 0.1) is 0 Å². The van der Waals surface area contributed by atoms with Crippen LogP contribution in [0.2, 0.25) is 0 Å². The molecule has 0 spiro atoms. The van der Waals surface area contributed by atoms with Gasteiger partial charge in [-0.25, -0.2) is 14.4 Å². The Morgan fingerprint density at radius 3 is 2.30 bits per heavy atom. The summed E-state index contributed by atoms with van der Waals surface area (Å²) in [4.78, 5) is 40.7. The van der Waals surface area contributed by atoms with Crippen LogP contribution in [-0.2, 0) is 14.2 Å². The molecule has 154 valence electrons. The second kappa shape index (κ2) is 9.04. The summed E-state index contributed by atoms with van der Waals surface area (Å²) in [7, 11) is 2.59. The number of benzene rings is 2. The van der Waals surface area contributed by atoms with Crippen molar-refractivity contribution in [1.82, 2.24) is 4.98 Å². The van der Waals surface area contributed by atoms with Gasteiger partial charge in [-0.1, -0.05) is 6.07 Å². The Kier molecular flexibility index (Phi) is 6.26. The van der Waals surface area contributed by atoms with Crippen molar-refractivity contribution in [3.63, 3.8) is 0 Å². The molecule has 0 saturated heterocycles. The zero-order valence-corrected chi connectivity index (χ0v) is 16.7. The van der Waals surface area contributed by atoms with Gasteiger partial charge in [0, 0.05) is 17.3 Å². The van der Waals surface area contributed by atoms with E-state index >= 15 is 0 Å². The van der Waals surface area contributed by atoms with Gasteiger partial charge in [0.05, 0.1) is 43.2 Å². The van der Waals surface area contributed by atoms with E-state index < -0.39 is 17.9 Å². The van der Waals surface area contributed by atoms with Gasteiger partial charge in [0.15, 0.2) is 0 Å². The molecule has 1 N–H and O–H groups in total. The number of rotatable bonds is 6. The first-order valence-corrected chi connectivity index (χ1v) is 9.12. The Hall–Kier alpha value is -3.94. The van der Waals surface area contributed by atoms with E-state index in [1.54, 1.807) is 49.4 Å². The standard InChI is InChI=1S/C22H20N2O6/c1-4-30-22(27)17-12-23-18-9-8-14(21(26)29-3)11-16(18)19(17)24-15-7-5-6-13(10-15)20(25)28-2/h5-12H,4H2,1-3H3,(H,23,24). The van der Waals surface area contributed by atoms with E-state index in [0.29, 0.717) is 33.4 Å². The lowest BCUT2D eigenvalue weighted by Crippen LogP contribution is -2.10. The van der Waals surface area contributed by atoms with E-state index in [1.165, 1.54) is 20.4 Å². The molecule has 0 aliphatic rings. The quantitative estimate of drug-likeness (QED) is 0.486. The van der Waals surface area contributed by atoms with Crippen LogP contribution >= 0.6 is 0 Å². The van der Waals surface area contributed by atoms with Gasteiger partial charge in [0.25, 0.3) is 0 Å². The first-order chi connectivity index (χ1) is 14.5. The van der Waals surface area contributed by atoms with Gasteiger partial charge in [-0.3, -0.25) is 4.98 Å². The van der Waals surface area contributed by atoms with Crippen LogP contribution in [-0.4, -0.2) is 43.7 Å². The molecule has 0 aliphatic carbocycles. The molecule has 0 unspecified atom stereocenters. The molecule has 8 heteroatoms. The topological polar surface area (TPSA) is 104 Å². The molecule has 8 nitrogen and oxygen atoms in total. The minimum Gasteiger partial charge on any atom is -0.465 e. The third-order valence-electron chi connectivity index (χ3n) is 4.34. The monoisotopic (exact) mass is 408 g/mol. The maximum absolute atomic E-state index is 12.5. The summed E-state index contributed by atoms with van der Waals surface area (Å²) in [6, 6.07) is 11.5. The van der Waals surface area contributed by atoms with E-state index in [1.807, 2.05) is 0 Å². The van der Waals surface area contributed by atoms with Crippen molar-refractivity contribution in [3.05, 3.63) is 65.4 Å². The number of aromatic nitrogens is 1. The van der Waals surface area contributed by atoms with Crippen molar-refractivity contribution >= 4 is 40.2 Å². The fourth-order valence-electron chi connectivity index (χ4n) is 2.92. The van der Waals surface area contributed by atoms with Gasteiger partial charge in [-0.05, 0) is 43.3 Å². The zero-order valence-electron chi connectivity index (χ0n) is 16.7. The van der Waals surface area contributed by atoms with E-state index in [-0.39, 0.29) is 12.2 Å². The van der Waals surface area contributed by atoms with Gasteiger partial charge in [0.1, 0.15) is 5.56 Å². The average molecular weight is 408 g/mol. The smallest absolute Gasteiger partial charge is 0.341 e. The third kappa shape index (κ3) is 4.22. The third-order valence-corrected chi connectivity index (χ3v) is 4.34. The Morgan fingerprint density at radius 2 is 1.63 bits per heavy atom. The summed E-state index contributed by atoms with van der Waals surface area (Å²) in [5, 5.41) is 3.68. The summed E-state index contributed by atoms with van der Waals surface area (Å²) in [6.45, 7) is 1.89. The predicted molar refractivity (Wildman–Crippen MR) is 110 cm³/mol. The molecule has 1 heterocycles. The number of nitrogens with one attached hydrogen (secondary N) is 1. The second-order valence-electron chi connectivity index (χ2n) is 6.19. The van der Waals surface area contributed by atoms with Crippen LogP contribution in [0.1, 0.15) is 38.0 Å². The number of pyridine rings is 1. The second-order valence-corrected chi connectivity index (χ2v) is 6.19. The summed E-state index contributed by atoms with van der Waals surface area (Å²) in [5.74, 6) is -1.57. The lowest BCUT2D eigenvalue weighted by molar-refractivity contribution is 0.0525. The zero-order chi connectivity index (χ0) is 21.7. The van der Waals surface area contributed by atoms with Gasteiger partial charge < -0.3 is 19.5 Å². The lowest BCUT2D eigenvalue weighted by atomic mass is 10.1. The number of nitrogens with zero attached hydrogens (tertiary/aromatic N) is 1. The SMILES string of the molecule is CCOC(=O)c1cnc2ccc(C(=O)OC)cc2c1Nc1cccc(C(=O)OC)c1. The van der Waals surface area contributed by atoms with E-state index in [9.17, 15) is 14.4 Å². The Morgan fingerprint density at radius 1 is 0.933 bits per heavy atom. The van der Waals surface area contributed by atoms with E-state index in [0.717, 1.165) is 0 Å². The van der Waals surface area contributed by atoms with E-state index in [4.69, 9.17) is 14.2 Å². The van der Waals surface area contributed by atoms with Crippen molar-refractivity contribution in [2.45, 2.75) is 6.92 Å². The van der Waals surface area contributed by atoms with Gasteiger partial charge in [-0.2, -0.15) is 0 Å². The number of ether oxygens (including phenoxy) is 3. The number of methoxy groups -OCH3 is 2. The van der Waals surface area contributed by atoms with Crippen molar-refractivity contribution in [2.75, 3.05) is 26.1 Å². The van der Waals surface area contributed by atoms with Gasteiger partial charge in [-0.15, -0.1) is 0 Å². The molecule has 0 fully saturated rings. The molecule has 30 heavy (non-hydrogen) atoms. The van der Waals surface area contributed by atoms with Crippen molar-refractivity contribution in [1.29, 1.82) is 0 Å². The maximum atomic E-state index is 12.5. The first kappa shape index (κ1) is 20.8. The van der Waals surface area contributed by atoms with E-state index in [2.05, 4.69) is 10.3 Å².